The summed E-state index contributed by atoms with van der Waals surface area (Å²) in [6, 6.07) is 14.9. The first-order chi connectivity index (χ1) is 16.3. The number of carbonyl (C=O) groups excluding carboxylic acids is 1. The topological polar surface area (TPSA) is 86.1 Å². The Hall–Kier alpha value is -4.21. The minimum atomic E-state index is -4.50. The van der Waals surface area contributed by atoms with Gasteiger partial charge in [-0.15, -0.1) is 0 Å². The molecule has 0 bridgehead atoms. The Labute approximate surface area is 191 Å². The molecule has 2 aromatic heterocycles. The highest BCUT2D eigenvalue weighted by atomic mass is 19.4. The van der Waals surface area contributed by atoms with Gasteiger partial charge in [-0.1, -0.05) is 24.3 Å². The van der Waals surface area contributed by atoms with Crippen LogP contribution in [0, 0.1) is 0 Å². The Balaban J connectivity index is 1.64. The predicted molar refractivity (Wildman–Crippen MR) is 119 cm³/mol. The lowest BCUT2D eigenvalue weighted by molar-refractivity contribution is -0.137. The first-order valence-corrected chi connectivity index (χ1v) is 10.2. The normalized spacial score (nSPS) is 11.4. The lowest BCUT2D eigenvalue weighted by Gasteiger charge is -2.12. The number of fused-ring (bicyclic) bond motifs is 1. The highest BCUT2D eigenvalue weighted by Crippen LogP contribution is 2.29. The molecule has 0 saturated heterocycles. The van der Waals surface area contributed by atoms with Crippen molar-refractivity contribution in [1.29, 1.82) is 0 Å². The number of alkyl halides is 3. The second-order valence-corrected chi connectivity index (χ2v) is 7.43. The first kappa shape index (κ1) is 23.0. The molecular weight excluding hydrogens is 449 g/mol. The number of amides is 1. The van der Waals surface area contributed by atoms with Gasteiger partial charge in [-0.05, 0) is 47.5 Å². The van der Waals surface area contributed by atoms with Crippen molar-refractivity contribution in [3.8, 4) is 5.75 Å². The third kappa shape index (κ3) is 4.90. The largest absolute Gasteiger partial charge is 0.497 e. The number of hydrogen-bond acceptors (Lipinski definition) is 5. The van der Waals surface area contributed by atoms with Crippen LogP contribution in [-0.4, -0.2) is 27.6 Å². The number of ether oxygens (including phenoxy) is 1. The number of rotatable bonds is 6. The van der Waals surface area contributed by atoms with Crippen LogP contribution in [0.1, 0.15) is 27.2 Å². The van der Waals surface area contributed by atoms with Gasteiger partial charge in [0.1, 0.15) is 11.3 Å². The van der Waals surface area contributed by atoms with Gasteiger partial charge >= 0.3 is 6.18 Å². The summed E-state index contributed by atoms with van der Waals surface area (Å²) in [6.07, 6.45) is -2.98. The van der Waals surface area contributed by atoms with Crippen molar-refractivity contribution in [3.05, 3.63) is 99.6 Å². The molecule has 0 atom stereocenters. The van der Waals surface area contributed by atoms with Crippen molar-refractivity contribution >= 4 is 17.1 Å². The fourth-order valence-corrected chi connectivity index (χ4v) is 3.41. The summed E-state index contributed by atoms with van der Waals surface area (Å²) < 4.78 is 45.3. The van der Waals surface area contributed by atoms with Crippen molar-refractivity contribution in [1.82, 2.24) is 19.9 Å². The molecule has 0 radical (unpaired) electrons. The number of methoxy groups -OCH3 is 1. The molecule has 4 aromatic rings. The van der Waals surface area contributed by atoms with Crippen molar-refractivity contribution in [2.75, 3.05) is 7.11 Å². The molecule has 0 aliphatic rings. The van der Waals surface area contributed by atoms with Crippen molar-refractivity contribution in [3.63, 3.8) is 0 Å². The molecular formula is C24H19F3N4O3. The van der Waals surface area contributed by atoms with Crippen molar-refractivity contribution in [2.45, 2.75) is 19.3 Å². The Bertz CT molecular complexity index is 1400. The summed E-state index contributed by atoms with van der Waals surface area (Å²) in [5.74, 6) is -0.139. The lowest BCUT2D eigenvalue weighted by Crippen LogP contribution is -2.35. The van der Waals surface area contributed by atoms with E-state index >= 15 is 0 Å². The van der Waals surface area contributed by atoms with Gasteiger partial charge in [0.15, 0.2) is 11.3 Å². The van der Waals surface area contributed by atoms with Crippen LogP contribution in [0.3, 0.4) is 0 Å². The highest BCUT2D eigenvalue weighted by Gasteiger charge is 2.30. The van der Waals surface area contributed by atoms with Crippen LogP contribution in [0.5, 0.6) is 5.75 Å². The number of carbonyl (C=O) groups is 1. The molecule has 0 fully saturated rings. The summed E-state index contributed by atoms with van der Waals surface area (Å²) in [5, 5.41) is 2.49. The maximum absolute atomic E-state index is 13.2. The van der Waals surface area contributed by atoms with E-state index in [1.807, 2.05) is 0 Å². The fraction of sp³-hybridized carbons (Fsp3) is 0.167. The number of nitrogens with one attached hydrogen (secondary N) is 1. The molecule has 10 heteroatoms. The third-order valence-electron chi connectivity index (χ3n) is 5.12. The summed E-state index contributed by atoms with van der Waals surface area (Å²) in [7, 11) is 1.55. The molecule has 0 aliphatic heterocycles. The van der Waals surface area contributed by atoms with E-state index in [-0.39, 0.29) is 24.3 Å². The van der Waals surface area contributed by atoms with Gasteiger partial charge in [-0.2, -0.15) is 13.2 Å². The number of benzene rings is 2. The average molecular weight is 468 g/mol. The summed E-state index contributed by atoms with van der Waals surface area (Å²) in [4.78, 5) is 34.4. The van der Waals surface area contributed by atoms with E-state index in [9.17, 15) is 22.8 Å². The van der Waals surface area contributed by atoms with E-state index in [0.29, 0.717) is 16.9 Å². The van der Waals surface area contributed by atoms with Crippen LogP contribution in [0.2, 0.25) is 0 Å². The summed E-state index contributed by atoms with van der Waals surface area (Å²) >= 11 is 0. The third-order valence-corrected chi connectivity index (χ3v) is 5.12. The van der Waals surface area contributed by atoms with E-state index in [0.717, 1.165) is 17.7 Å². The minimum Gasteiger partial charge on any atom is -0.497 e. The number of aromatic nitrogens is 3. The van der Waals surface area contributed by atoms with Gasteiger partial charge in [0.2, 0.25) is 0 Å². The Morgan fingerprint density at radius 1 is 1.06 bits per heavy atom. The zero-order chi connectivity index (χ0) is 24.3. The molecule has 1 N–H and O–H groups in total. The van der Waals surface area contributed by atoms with Gasteiger partial charge in [-0.3, -0.25) is 14.2 Å². The minimum absolute atomic E-state index is 0.132. The van der Waals surface area contributed by atoms with Gasteiger partial charge in [0.05, 0.1) is 19.2 Å². The zero-order valence-electron chi connectivity index (χ0n) is 18.0. The number of halogens is 3. The Morgan fingerprint density at radius 3 is 2.53 bits per heavy atom. The van der Waals surface area contributed by atoms with Crippen LogP contribution < -0.4 is 15.6 Å². The number of hydrogen-bond donors (Lipinski definition) is 1. The maximum atomic E-state index is 13.2. The van der Waals surface area contributed by atoms with Crippen LogP contribution >= 0.6 is 0 Å². The first-order valence-electron chi connectivity index (χ1n) is 10.2. The molecule has 0 saturated carbocycles. The Kier molecular flexibility index (Phi) is 6.31. The second kappa shape index (κ2) is 9.34. The molecule has 2 aromatic carbocycles. The quantitative estimate of drug-likeness (QED) is 0.465. The average Bonchev–Trinajstić information content (AvgIpc) is 2.84. The van der Waals surface area contributed by atoms with Gasteiger partial charge in [0, 0.05) is 12.7 Å². The van der Waals surface area contributed by atoms with E-state index in [1.165, 1.54) is 22.9 Å². The highest BCUT2D eigenvalue weighted by molar-refractivity contribution is 5.93. The molecule has 2 heterocycles. The maximum Gasteiger partial charge on any atom is 0.416 e. The molecule has 7 nitrogen and oxygen atoms in total. The lowest BCUT2D eigenvalue weighted by atomic mass is 10.1. The molecule has 0 spiro atoms. The summed E-state index contributed by atoms with van der Waals surface area (Å²) in [6.45, 7) is -0.0692. The van der Waals surface area contributed by atoms with Crippen molar-refractivity contribution < 1.29 is 22.7 Å². The second-order valence-electron chi connectivity index (χ2n) is 7.43. The SMILES string of the molecule is COc1ccc(Cn2c(=O)c(C(=O)NCc3cccc(C(F)(F)F)c3)nc3cccnc32)cc1. The molecule has 4 rings (SSSR count). The van der Waals surface area contributed by atoms with Crippen LogP contribution in [0.15, 0.2) is 71.7 Å². The van der Waals surface area contributed by atoms with E-state index in [1.54, 1.807) is 43.5 Å². The molecule has 0 unspecified atom stereocenters. The molecule has 1 amide bonds. The number of nitrogens with zero attached hydrogens (tertiary/aromatic N) is 3. The smallest absolute Gasteiger partial charge is 0.416 e. The van der Waals surface area contributed by atoms with Gasteiger partial charge in [0.25, 0.3) is 11.5 Å². The van der Waals surface area contributed by atoms with E-state index in [4.69, 9.17) is 4.74 Å². The zero-order valence-corrected chi connectivity index (χ0v) is 18.0. The molecule has 174 valence electrons. The van der Waals surface area contributed by atoms with Crippen LogP contribution in [-0.2, 0) is 19.3 Å². The monoisotopic (exact) mass is 468 g/mol. The van der Waals surface area contributed by atoms with E-state index < -0.39 is 23.2 Å². The van der Waals surface area contributed by atoms with Crippen molar-refractivity contribution in [2.24, 2.45) is 0 Å². The van der Waals surface area contributed by atoms with Crippen LogP contribution in [0.4, 0.5) is 13.2 Å². The number of pyridine rings is 1. The Morgan fingerprint density at radius 2 is 1.82 bits per heavy atom. The molecule has 34 heavy (non-hydrogen) atoms. The van der Waals surface area contributed by atoms with Crippen LogP contribution in [0.25, 0.3) is 11.2 Å². The standard InChI is InChI=1S/C24H19F3N4O3/c1-34-18-9-7-15(8-10-18)14-31-21-19(6-3-11-28-21)30-20(23(31)33)22(32)29-13-16-4-2-5-17(12-16)24(25,26)27/h2-12H,13-14H2,1H3,(H,29,32). The van der Waals surface area contributed by atoms with Gasteiger partial charge < -0.3 is 10.1 Å². The van der Waals surface area contributed by atoms with Gasteiger partial charge in [-0.25, -0.2) is 9.97 Å². The predicted octanol–water partition coefficient (Wildman–Crippen LogP) is 3.80. The molecule has 0 aliphatic carbocycles. The fourth-order valence-electron chi connectivity index (χ4n) is 3.41. The summed E-state index contributed by atoms with van der Waals surface area (Å²) in [5.41, 5.74) is -0.210. The van der Waals surface area contributed by atoms with E-state index in [2.05, 4.69) is 15.3 Å².